The van der Waals surface area contributed by atoms with Gasteiger partial charge in [-0.3, -0.25) is 0 Å². The van der Waals surface area contributed by atoms with Crippen LogP contribution in [0.5, 0.6) is 0 Å². The molecule has 0 saturated carbocycles. The fraction of sp³-hybridized carbons (Fsp3) is 0.333. The minimum atomic E-state index is -0.00194. The Morgan fingerprint density at radius 1 is 1.29 bits per heavy atom. The van der Waals surface area contributed by atoms with Crippen molar-refractivity contribution in [2.24, 2.45) is 12.8 Å². The lowest BCUT2D eigenvalue weighted by Gasteiger charge is -2.19. The molecule has 2 aromatic rings. The fourth-order valence-corrected chi connectivity index (χ4v) is 2.51. The summed E-state index contributed by atoms with van der Waals surface area (Å²) in [5, 5.41) is 9.05. The second-order valence-corrected chi connectivity index (χ2v) is 5.33. The molecule has 90 valence electrons. The third kappa shape index (κ3) is 2.87. The van der Waals surface area contributed by atoms with E-state index >= 15 is 0 Å². The van der Waals surface area contributed by atoms with Gasteiger partial charge in [-0.25, -0.2) is 0 Å². The normalized spacial score (nSPS) is 14.5. The van der Waals surface area contributed by atoms with Gasteiger partial charge in [-0.15, -0.1) is 10.2 Å². The van der Waals surface area contributed by atoms with E-state index in [1.165, 1.54) is 0 Å². The van der Waals surface area contributed by atoms with Crippen molar-refractivity contribution >= 4 is 11.8 Å². The molecule has 2 atom stereocenters. The molecule has 0 aliphatic carbocycles. The molecule has 2 unspecified atom stereocenters. The third-order valence-corrected chi connectivity index (χ3v) is 3.90. The van der Waals surface area contributed by atoms with Crippen molar-refractivity contribution in [2.45, 2.75) is 23.4 Å². The predicted octanol–water partition coefficient (Wildman–Crippen LogP) is 2.00. The first-order chi connectivity index (χ1) is 8.18. The van der Waals surface area contributed by atoms with Crippen LogP contribution in [-0.2, 0) is 7.05 Å². The topological polar surface area (TPSA) is 56.7 Å². The Bertz CT molecular complexity index is 468. The standard InChI is InChI=1S/C12H16N4S/c1-9(17-12-15-14-8-16(12)2)11(13)10-6-4-3-5-7-10/h3-9,11H,13H2,1-2H3. The van der Waals surface area contributed by atoms with Gasteiger partial charge in [0.05, 0.1) is 0 Å². The van der Waals surface area contributed by atoms with E-state index in [0.717, 1.165) is 10.7 Å². The number of thioether (sulfide) groups is 1. The SMILES string of the molecule is CC(Sc1nncn1C)C(N)c1ccccc1. The second-order valence-electron chi connectivity index (χ2n) is 3.98. The van der Waals surface area contributed by atoms with Gasteiger partial charge >= 0.3 is 0 Å². The van der Waals surface area contributed by atoms with Gasteiger partial charge in [0.2, 0.25) is 0 Å². The van der Waals surface area contributed by atoms with Crippen molar-refractivity contribution in [2.75, 3.05) is 0 Å². The van der Waals surface area contributed by atoms with Crippen LogP contribution in [0.1, 0.15) is 18.5 Å². The van der Waals surface area contributed by atoms with E-state index in [4.69, 9.17) is 5.73 Å². The molecule has 4 nitrogen and oxygen atoms in total. The highest BCUT2D eigenvalue weighted by atomic mass is 32.2. The average Bonchev–Trinajstić information content (AvgIpc) is 2.75. The molecule has 0 aliphatic rings. The number of benzene rings is 1. The molecule has 2 N–H and O–H groups in total. The van der Waals surface area contributed by atoms with E-state index < -0.39 is 0 Å². The van der Waals surface area contributed by atoms with E-state index in [0.29, 0.717) is 0 Å². The highest BCUT2D eigenvalue weighted by molar-refractivity contribution is 7.99. The lowest BCUT2D eigenvalue weighted by molar-refractivity contribution is 0.704. The van der Waals surface area contributed by atoms with Crippen LogP contribution in [0.25, 0.3) is 0 Å². The van der Waals surface area contributed by atoms with Crippen LogP contribution in [0.3, 0.4) is 0 Å². The first kappa shape index (κ1) is 12.1. The summed E-state index contributed by atoms with van der Waals surface area (Å²) in [6, 6.07) is 10.1. The molecule has 1 aromatic heterocycles. The van der Waals surface area contributed by atoms with Crippen molar-refractivity contribution in [3.63, 3.8) is 0 Å². The van der Waals surface area contributed by atoms with E-state index in [1.54, 1.807) is 18.1 Å². The molecule has 0 radical (unpaired) electrons. The van der Waals surface area contributed by atoms with Crippen molar-refractivity contribution in [1.82, 2.24) is 14.8 Å². The lowest BCUT2D eigenvalue weighted by atomic mass is 10.1. The second kappa shape index (κ2) is 5.33. The van der Waals surface area contributed by atoms with Gasteiger partial charge in [0.1, 0.15) is 6.33 Å². The summed E-state index contributed by atoms with van der Waals surface area (Å²) in [6.45, 7) is 2.11. The number of hydrogen-bond acceptors (Lipinski definition) is 4. The van der Waals surface area contributed by atoms with E-state index in [2.05, 4.69) is 29.3 Å². The zero-order chi connectivity index (χ0) is 12.3. The van der Waals surface area contributed by atoms with Crippen LogP contribution in [0.15, 0.2) is 41.8 Å². The molecule has 2 rings (SSSR count). The Morgan fingerprint density at radius 2 is 2.00 bits per heavy atom. The molecular weight excluding hydrogens is 232 g/mol. The molecular formula is C12H16N4S. The first-order valence-electron chi connectivity index (χ1n) is 5.49. The molecule has 1 aromatic carbocycles. The largest absolute Gasteiger partial charge is 0.323 e. The van der Waals surface area contributed by atoms with Gasteiger partial charge in [0, 0.05) is 18.3 Å². The van der Waals surface area contributed by atoms with Gasteiger partial charge in [-0.05, 0) is 5.56 Å². The smallest absolute Gasteiger partial charge is 0.191 e. The van der Waals surface area contributed by atoms with Gasteiger partial charge in [0.15, 0.2) is 5.16 Å². The van der Waals surface area contributed by atoms with Crippen LogP contribution in [0.2, 0.25) is 0 Å². The third-order valence-electron chi connectivity index (χ3n) is 2.65. The maximum atomic E-state index is 6.23. The van der Waals surface area contributed by atoms with Crippen molar-refractivity contribution in [3.8, 4) is 0 Å². The van der Waals surface area contributed by atoms with Crippen molar-refractivity contribution < 1.29 is 0 Å². The summed E-state index contributed by atoms with van der Waals surface area (Å²) < 4.78 is 1.90. The number of nitrogens with two attached hydrogens (primary N) is 1. The summed E-state index contributed by atoms with van der Waals surface area (Å²) in [7, 11) is 1.93. The molecule has 0 saturated heterocycles. The van der Waals surface area contributed by atoms with Gasteiger partial charge in [-0.2, -0.15) is 0 Å². The Morgan fingerprint density at radius 3 is 2.59 bits per heavy atom. The Balaban J connectivity index is 2.06. The highest BCUT2D eigenvalue weighted by Crippen LogP contribution is 2.28. The lowest BCUT2D eigenvalue weighted by Crippen LogP contribution is -2.21. The van der Waals surface area contributed by atoms with Crippen molar-refractivity contribution in [1.29, 1.82) is 0 Å². The minimum Gasteiger partial charge on any atom is -0.323 e. The number of rotatable bonds is 4. The molecule has 5 heteroatoms. The van der Waals surface area contributed by atoms with Gasteiger partial charge in [0.25, 0.3) is 0 Å². The fourth-order valence-electron chi connectivity index (χ4n) is 1.57. The van der Waals surface area contributed by atoms with E-state index in [1.807, 2.05) is 29.8 Å². The van der Waals surface area contributed by atoms with E-state index in [9.17, 15) is 0 Å². The Labute approximate surface area is 105 Å². The molecule has 0 fully saturated rings. The quantitative estimate of drug-likeness (QED) is 0.841. The first-order valence-corrected chi connectivity index (χ1v) is 6.37. The van der Waals surface area contributed by atoms with Gasteiger partial charge in [-0.1, -0.05) is 49.0 Å². The molecule has 1 heterocycles. The monoisotopic (exact) mass is 248 g/mol. The number of aromatic nitrogens is 3. The summed E-state index contributed by atoms with van der Waals surface area (Å²) in [4.78, 5) is 0. The predicted molar refractivity (Wildman–Crippen MR) is 69.7 cm³/mol. The zero-order valence-corrected chi connectivity index (χ0v) is 10.8. The summed E-state index contributed by atoms with van der Waals surface area (Å²) in [5.74, 6) is 0. The van der Waals surface area contributed by atoms with Gasteiger partial charge < -0.3 is 10.3 Å². The van der Waals surface area contributed by atoms with Crippen LogP contribution < -0.4 is 5.73 Å². The number of aryl methyl sites for hydroxylation is 1. The molecule has 0 spiro atoms. The van der Waals surface area contributed by atoms with Crippen molar-refractivity contribution in [3.05, 3.63) is 42.2 Å². The summed E-state index contributed by atoms with van der Waals surface area (Å²) in [6.07, 6.45) is 1.70. The van der Waals surface area contributed by atoms with E-state index in [-0.39, 0.29) is 11.3 Å². The van der Waals surface area contributed by atoms with Crippen LogP contribution in [0, 0.1) is 0 Å². The summed E-state index contributed by atoms with van der Waals surface area (Å²) >= 11 is 1.64. The Kier molecular flexibility index (Phi) is 3.81. The molecule has 17 heavy (non-hydrogen) atoms. The average molecular weight is 248 g/mol. The number of nitrogens with zero attached hydrogens (tertiary/aromatic N) is 3. The maximum absolute atomic E-state index is 6.23. The maximum Gasteiger partial charge on any atom is 0.191 e. The molecule has 0 aliphatic heterocycles. The molecule has 0 amide bonds. The van der Waals surface area contributed by atoms with Crippen LogP contribution in [0.4, 0.5) is 0 Å². The summed E-state index contributed by atoms with van der Waals surface area (Å²) in [5.41, 5.74) is 7.37. The minimum absolute atomic E-state index is 0.00194. The number of hydrogen-bond donors (Lipinski definition) is 1. The molecule has 0 bridgehead atoms. The zero-order valence-electron chi connectivity index (χ0n) is 9.95. The van der Waals surface area contributed by atoms with Crippen LogP contribution in [-0.4, -0.2) is 20.0 Å². The van der Waals surface area contributed by atoms with Crippen LogP contribution >= 0.6 is 11.8 Å². The highest BCUT2D eigenvalue weighted by Gasteiger charge is 2.17. The Hall–Kier alpha value is -1.33.